The molecule has 0 aromatic heterocycles. The van der Waals surface area contributed by atoms with Gasteiger partial charge in [-0.1, -0.05) is 6.92 Å². The number of hydrogen-bond acceptors (Lipinski definition) is 3. The molecule has 3 rings (SSSR count). The number of carbonyl (C=O) groups excluding carboxylic acids is 2. The summed E-state index contributed by atoms with van der Waals surface area (Å²) < 4.78 is 19.2. The Labute approximate surface area is 140 Å². The molecule has 1 aromatic rings. The molecule has 0 radical (unpaired) electrons. The molecule has 0 bridgehead atoms. The average molecular weight is 335 g/mol. The number of hydrogen-bond donors (Lipinski definition) is 3. The van der Waals surface area contributed by atoms with Crippen LogP contribution in [0.2, 0.25) is 0 Å². The number of amides is 3. The first kappa shape index (κ1) is 16.5. The van der Waals surface area contributed by atoms with E-state index in [2.05, 4.69) is 16.0 Å². The zero-order valence-electron chi connectivity index (χ0n) is 13.6. The zero-order valence-corrected chi connectivity index (χ0v) is 13.6. The summed E-state index contributed by atoms with van der Waals surface area (Å²) in [4.78, 5) is 24.1. The summed E-state index contributed by atoms with van der Waals surface area (Å²) in [7, 11) is 0. The van der Waals surface area contributed by atoms with Crippen LogP contribution in [0.3, 0.4) is 0 Å². The highest BCUT2D eigenvalue weighted by molar-refractivity contribution is 5.95. The Morgan fingerprint density at radius 3 is 2.88 bits per heavy atom. The van der Waals surface area contributed by atoms with E-state index in [1.807, 2.05) is 6.92 Å². The Morgan fingerprint density at radius 1 is 1.38 bits per heavy atom. The molecule has 6 nitrogen and oxygen atoms in total. The lowest BCUT2D eigenvalue weighted by molar-refractivity contribution is -0.125. The third-order valence-corrected chi connectivity index (χ3v) is 4.40. The topological polar surface area (TPSA) is 79.5 Å². The first-order valence-electron chi connectivity index (χ1n) is 8.30. The van der Waals surface area contributed by atoms with Crippen molar-refractivity contribution in [2.45, 2.75) is 32.2 Å². The molecule has 0 spiro atoms. The lowest BCUT2D eigenvalue weighted by Gasteiger charge is -2.29. The zero-order chi connectivity index (χ0) is 17.1. The van der Waals surface area contributed by atoms with E-state index in [1.165, 1.54) is 18.2 Å². The summed E-state index contributed by atoms with van der Waals surface area (Å²) in [5.74, 6) is 0.354. The largest absolute Gasteiger partial charge is 0.491 e. The van der Waals surface area contributed by atoms with Crippen LogP contribution < -0.4 is 20.7 Å². The first-order valence-corrected chi connectivity index (χ1v) is 8.30. The molecule has 2 fully saturated rings. The Morgan fingerprint density at radius 2 is 2.17 bits per heavy atom. The van der Waals surface area contributed by atoms with Gasteiger partial charge in [-0.15, -0.1) is 0 Å². The highest BCUT2D eigenvalue weighted by atomic mass is 19.1. The molecule has 1 aromatic carbocycles. The van der Waals surface area contributed by atoms with Crippen molar-refractivity contribution >= 4 is 17.6 Å². The van der Waals surface area contributed by atoms with Gasteiger partial charge in [0.25, 0.3) is 0 Å². The molecule has 1 heterocycles. The van der Waals surface area contributed by atoms with E-state index >= 15 is 0 Å². The smallest absolute Gasteiger partial charge is 0.320 e. The molecule has 24 heavy (non-hydrogen) atoms. The third-order valence-electron chi connectivity index (χ3n) is 4.40. The first-order chi connectivity index (χ1) is 11.5. The second kappa shape index (κ2) is 7.07. The standard InChI is InChI=1S/C17H22FN3O3/c1-10-6-7-19-16(22)15(10)21-17(23)20-13-8-12(18)4-5-14(13)24-9-11-2-3-11/h4-5,8,10-11,15H,2-3,6-7,9H2,1H3,(H,19,22)(H2,20,21,23)/t10-,15+/m1/s1. The predicted octanol–water partition coefficient (Wildman–Crippen LogP) is 2.26. The minimum atomic E-state index is -0.594. The van der Waals surface area contributed by atoms with Crippen LogP contribution in [0.4, 0.5) is 14.9 Å². The van der Waals surface area contributed by atoms with E-state index < -0.39 is 17.9 Å². The summed E-state index contributed by atoms with van der Waals surface area (Å²) in [6.07, 6.45) is 3.07. The van der Waals surface area contributed by atoms with Gasteiger partial charge in [-0.05, 0) is 43.2 Å². The van der Waals surface area contributed by atoms with Gasteiger partial charge in [0.1, 0.15) is 17.6 Å². The monoisotopic (exact) mass is 335 g/mol. The van der Waals surface area contributed by atoms with Crippen molar-refractivity contribution in [2.24, 2.45) is 11.8 Å². The van der Waals surface area contributed by atoms with Gasteiger partial charge < -0.3 is 20.7 Å². The van der Waals surface area contributed by atoms with Gasteiger partial charge in [0.15, 0.2) is 0 Å². The number of piperidine rings is 1. The number of nitrogens with one attached hydrogen (secondary N) is 3. The van der Waals surface area contributed by atoms with Crippen molar-refractivity contribution in [2.75, 3.05) is 18.5 Å². The number of halogens is 1. The van der Waals surface area contributed by atoms with Crippen LogP contribution in [0.25, 0.3) is 0 Å². The van der Waals surface area contributed by atoms with Gasteiger partial charge in [0.2, 0.25) is 5.91 Å². The maximum absolute atomic E-state index is 13.5. The van der Waals surface area contributed by atoms with Crippen LogP contribution in [0.1, 0.15) is 26.2 Å². The highest BCUT2D eigenvalue weighted by Gasteiger charge is 2.30. The number of benzene rings is 1. The Bertz CT molecular complexity index is 634. The van der Waals surface area contributed by atoms with E-state index in [0.29, 0.717) is 24.8 Å². The molecule has 7 heteroatoms. The van der Waals surface area contributed by atoms with Gasteiger partial charge in [0, 0.05) is 12.6 Å². The van der Waals surface area contributed by atoms with E-state index in [1.54, 1.807) is 0 Å². The number of carbonyl (C=O) groups is 2. The molecule has 3 amide bonds. The Kier molecular flexibility index (Phi) is 4.87. The quantitative estimate of drug-likeness (QED) is 0.772. The van der Waals surface area contributed by atoms with Crippen molar-refractivity contribution in [3.63, 3.8) is 0 Å². The second-order valence-electron chi connectivity index (χ2n) is 6.53. The Balaban J connectivity index is 1.64. The molecule has 130 valence electrons. The molecular formula is C17H22FN3O3. The predicted molar refractivity (Wildman–Crippen MR) is 87.4 cm³/mol. The fraction of sp³-hybridized carbons (Fsp3) is 0.529. The molecular weight excluding hydrogens is 313 g/mol. The van der Waals surface area contributed by atoms with E-state index in [0.717, 1.165) is 19.3 Å². The lowest BCUT2D eigenvalue weighted by Crippen LogP contribution is -2.55. The maximum Gasteiger partial charge on any atom is 0.320 e. The van der Waals surface area contributed by atoms with Crippen LogP contribution in [-0.4, -0.2) is 31.1 Å². The van der Waals surface area contributed by atoms with Gasteiger partial charge in [-0.3, -0.25) is 4.79 Å². The third kappa shape index (κ3) is 4.15. The fourth-order valence-corrected chi connectivity index (χ4v) is 2.68. The highest BCUT2D eigenvalue weighted by Crippen LogP contribution is 2.32. The van der Waals surface area contributed by atoms with Crippen LogP contribution in [0.15, 0.2) is 18.2 Å². The van der Waals surface area contributed by atoms with Crippen LogP contribution >= 0.6 is 0 Å². The van der Waals surface area contributed by atoms with E-state index in [-0.39, 0.29) is 17.5 Å². The van der Waals surface area contributed by atoms with Crippen molar-refractivity contribution < 1.29 is 18.7 Å². The Hall–Kier alpha value is -2.31. The molecule has 1 saturated heterocycles. The summed E-state index contributed by atoms with van der Waals surface area (Å²) in [5.41, 5.74) is 0.261. The number of urea groups is 1. The van der Waals surface area contributed by atoms with Crippen LogP contribution in [0, 0.1) is 17.7 Å². The van der Waals surface area contributed by atoms with Gasteiger partial charge in [-0.2, -0.15) is 0 Å². The van der Waals surface area contributed by atoms with Crippen LogP contribution in [0.5, 0.6) is 5.75 Å². The maximum atomic E-state index is 13.5. The summed E-state index contributed by atoms with van der Waals surface area (Å²) in [6.45, 7) is 3.09. The fourth-order valence-electron chi connectivity index (χ4n) is 2.68. The average Bonchev–Trinajstić information content (AvgIpc) is 3.35. The van der Waals surface area contributed by atoms with Crippen molar-refractivity contribution in [3.8, 4) is 5.75 Å². The van der Waals surface area contributed by atoms with E-state index in [4.69, 9.17) is 4.74 Å². The van der Waals surface area contributed by atoms with Crippen molar-refractivity contribution in [3.05, 3.63) is 24.0 Å². The number of ether oxygens (including phenoxy) is 1. The molecule has 2 aliphatic rings. The summed E-state index contributed by atoms with van der Waals surface area (Å²) in [6, 6.07) is 2.87. The molecule has 0 unspecified atom stereocenters. The second-order valence-corrected chi connectivity index (χ2v) is 6.53. The molecule has 2 atom stereocenters. The van der Waals surface area contributed by atoms with Gasteiger partial charge in [-0.25, -0.2) is 9.18 Å². The minimum Gasteiger partial charge on any atom is -0.491 e. The van der Waals surface area contributed by atoms with Crippen molar-refractivity contribution in [1.82, 2.24) is 10.6 Å². The lowest BCUT2D eigenvalue weighted by atomic mass is 9.94. The number of anilines is 1. The van der Waals surface area contributed by atoms with Crippen molar-refractivity contribution in [1.29, 1.82) is 0 Å². The molecule has 1 aliphatic heterocycles. The van der Waals surface area contributed by atoms with Crippen LogP contribution in [-0.2, 0) is 4.79 Å². The summed E-state index contributed by atoms with van der Waals surface area (Å²) in [5, 5.41) is 7.97. The molecule has 3 N–H and O–H groups in total. The van der Waals surface area contributed by atoms with Gasteiger partial charge >= 0.3 is 6.03 Å². The van der Waals surface area contributed by atoms with Gasteiger partial charge in [0.05, 0.1) is 12.3 Å². The normalized spacial score (nSPS) is 23.3. The minimum absolute atomic E-state index is 0.0441. The molecule has 1 aliphatic carbocycles. The number of rotatable bonds is 5. The van der Waals surface area contributed by atoms with E-state index in [9.17, 15) is 14.0 Å². The molecule has 1 saturated carbocycles. The SMILES string of the molecule is C[C@@H]1CCNC(=O)[C@H]1NC(=O)Nc1cc(F)ccc1OCC1CC1. The summed E-state index contributed by atoms with van der Waals surface area (Å²) >= 11 is 0.